The van der Waals surface area contributed by atoms with Gasteiger partial charge in [-0.05, 0) is 66.2 Å². The number of rotatable bonds is 8. The van der Waals surface area contributed by atoms with E-state index in [2.05, 4.69) is 10.6 Å². The van der Waals surface area contributed by atoms with Crippen LogP contribution in [-0.2, 0) is 25.9 Å². The maximum absolute atomic E-state index is 12.9. The second kappa shape index (κ2) is 11.7. The minimum Gasteiger partial charge on any atom is -0.493 e. The molecule has 13 heteroatoms. The summed E-state index contributed by atoms with van der Waals surface area (Å²) < 4.78 is 74.9. The van der Waals surface area contributed by atoms with Gasteiger partial charge in [-0.25, -0.2) is 0 Å². The van der Waals surface area contributed by atoms with E-state index < -0.39 is 33.3 Å². The highest BCUT2D eigenvalue weighted by atomic mass is 32.2. The number of nitrogens with zero attached hydrogens (tertiary/aromatic N) is 1. The van der Waals surface area contributed by atoms with Crippen molar-refractivity contribution in [1.29, 1.82) is 5.26 Å². The number of ether oxygens (including phenoxy) is 1. The van der Waals surface area contributed by atoms with Crippen LogP contribution in [0.25, 0.3) is 6.08 Å². The number of nitriles is 1. The van der Waals surface area contributed by atoms with E-state index in [1.165, 1.54) is 62.6 Å². The summed E-state index contributed by atoms with van der Waals surface area (Å²) in [4.78, 5) is 23.5. The standard InChI is InChI=1S/C26H20F3N3O6S/c1-16(33)31-20-7-9-22(10-8-20)39(35,36)38-24-13-17(6-11-23(24)37-2)12-18(15-30)25(34)32-21-5-3-4-19(14-21)26(27,28)29/h3-14H,1-2H3,(H,31,33)(H,32,34)/b18-12+. The van der Waals surface area contributed by atoms with Crippen LogP contribution >= 0.6 is 0 Å². The molecule has 0 unspecified atom stereocenters. The largest absolute Gasteiger partial charge is 0.493 e. The van der Waals surface area contributed by atoms with Crippen LogP contribution in [0.4, 0.5) is 24.5 Å². The third-order valence-electron chi connectivity index (χ3n) is 4.97. The van der Waals surface area contributed by atoms with Crippen molar-refractivity contribution in [3.8, 4) is 17.6 Å². The highest BCUT2D eigenvalue weighted by Crippen LogP contribution is 2.33. The Kier molecular flexibility index (Phi) is 8.62. The van der Waals surface area contributed by atoms with E-state index in [0.717, 1.165) is 24.3 Å². The summed E-state index contributed by atoms with van der Waals surface area (Å²) in [6.07, 6.45) is -3.52. The summed E-state index contributed by atoms with van der Waals surface area (Å²) in [6.45, 7) is 1.30. The zero-order valence-electron chi connectivity index (χ0n) is 20.4. The number of carbonyl (C=O) groups is 2. The lowest BCUT2D eigenvalue weighted by Crippen LogP contribution is -2.14. The molecule has 0 aliphatic rings. The van der Waals surface area contributed by atoms with Gasteiger partial charge < -0.3 is 19.6 Å². The van der Waals surface area contributed by atoms with Crippen LogP contribution in [0.3, 0.4) is 0 Å². The monoisotopic (exact) mass is 559 g/mol. The average Bonchev–Trinajstić information content (AvgIpc) is 2.86. The molecular formula is C26H20F3N3O6S. The number of carbonyl (C=O) groups excluding carboxylic acids is 2. The third-order valence-corrected chi connectivity index (χ3v) is 6.22. The molecule has 0 heterocycles. The lowest BCUT2D eigenvalue weighted by Gasteiger charge is -2.12. The highest BCUT2D eigenvalue weighted by molar-refractivity contribution is 7.87. The Morgan fingerprint density at radius 2 is 1.64 bits per heavy atom. The van der Waals surface area contributed by atoms with Gasteiger partial charge in [0.1, 0.15) is 16.5 Å². The minimum absolute atomic E-state index is 0.0255. The van der Waals surface area contributed by atoms with Crippen LogP contribution in [-0.4, -0.2) is 27.3 Å². The molecule has 39 heavy (non-hydrogen) atoms. The van der Waals surface area contributed by atoms with Crippen LogP contribution in [0.5, 0.6) is 11.5 Å². The fourth-order valence-electron chi connectivity index (χ4n) is 3.21. The lowest BCUT2D eigenvalue weighted by atomic mass is 10.1. The molecule has 0 atom stereocenters. The Bertz CT molecular complexity index is 1580. The number of hydrogen-bond donors (Lipinski definition) is 2. The molecule has 3 aromatic rings. The van der Waals surface area contributed by atoms with Crippen molar-refractivity contribution in [3.63, 3.8) is 0 Å². The number of benzene rings is 3. The van der Waals surface area contributed by atoms with Crippen molar-refractivity contribution in [1.82, 2.24) is 0 Å². The molecule has 0 spiro atoms. The molecule has 3 aromatic carbocycles. The predicted octanol–water partition coefficient (Wildman–Crippen LogP) is 4.99. The normalized spacial score (nSPS) is 11.7. The molecule has 0 aromatic heterocycles. The van der Waals surface area contributed by atoms with Gasteiger partial charge in [-0.3, -0.25) is 9.59 Å². The van der Waals surface area contributed by atoms with E-state index >= 15 is 0 Å². The molecule has 2 N–H and O–H groups in total. The predicted molar refractivity (Wildman–Crippen MR) is 135 cm³/mol. The number of nitrogens with one attached hydrogen (secondary N) is 2. The molecule has 0 saturated heterocycles. The third kappa shape index (κ3) is 7.59. The molecule has 0 fully saturated rings. The molecule has 0 bridgehead atoms. The van der Waals surface area contributed by atoms with Crippen molar-refractivity contribution in [2.24, 2.45) is 0 Å². The summed E-state index contributed by atoms with van der Waals surface area (Å²) in [5.41, 5.74) is -1.09. The first-order valence-electron chi connectivity index (χ1n) is 10.9. The van der Waals surface area contributed by atoms with E-state index in [-0.39, 0.29) is 33.6 Å². The van der Waals surface area contributed by atoms with Gasteiger partial charge in [0, 0.05) is 18.3 Å². The summed E-state index contributed by atoms with van der Waals surface area (Å²) in [6, 6.07) is 14.7. The first kappa shape index (κ1) is 28.7. The van der Waals surface area contributed by atoms with Gasteiger partial charge in [0.15, 0.2) is 11.5 Å². The Morgan fingerprint density at radius 1 is 0.949 bits per heavy atom. The molecule has 2 amide bonds. The fourth-order valence-corrected chi connectivity index (χ4v) is 4.14. The van der Waals surface area contributed by atoms with Gasteiger partial charge in [-0.2, -0.15) is 26.9 Å². The zero-order valence-corrected chi connectivity index (χ0v) is 21.2. The maximum Gasteiger partial charge on any atom is 0.416 e. The van der Waals surface area contributed by atoms with Gasteiger partial charge in [0.05, 0.1) is 12.7 Å². The summed E-state index contributed by atoms with van der Waals surface area (Å²) in [5.74, 6) is -1.55. The molecular weight excluding hydrogens is 539 g/mol. The van der Waals surface area contributed by atoms with Crippen LogP contribution < -0.4 is 19.6 Å². The number of amides is 2. The van der Waals surface area contributed by atoms with Gasteiger partial charge >= 0.3 is 16.3 Å². The summed E-state index contributed by atoms with van der Waals surface area (Å²) >= 11 is 0. The fraction of sp³-hybridized carbons (Fsp3) is 0.115. The van der Waals surface area contributed by atoms with Crippen LogP contribution in [0.1, 0.15) is 18.1 Å². The van der Waals surface area contributed by atoms with Gasteiger partial charge in [0.2, 0.25) is 5.91 Å². The van der Waals surface area contributed by atoms with E-state index in [1.807, 2.05) is 0 Å². The number of alkyl halides is 3. The van der Waals surface area contributed by atoms with Crippen molar-refractivity contribution >= 4 is 39.4 Å². The van der Waals surface area contributed by atoms with Gasteiger partial charge in [-0.15, -0.1) is 0 Å². The van der Waals surface area contributed by atoms with E-state index in [1.54, 1.807) is 6.07 Å². The van der Waals surface area contributed by atoms with Gasteiger partial charge in [0.25, 0.3) is 5.91 Å². The van der Waals surface area contributed by atoms with Crippen molar-refractivity contribution in [2.75, 3.05) is 17.7 Å². The minimum atomic E-state index is -4.62. The zero-order chi connectivity index (χ0) is 28.8. The average molecular weight is 560 g/mol. The first-order chi connectivity index (χ1) is 18.3. The number of anilines is 2. The van der Waals surface area contributed by atoms with E-state index in [0.29, 0.717) is 5.69 Å². The van der Waals surface area contributed by atoms with Crippen molar-refractivity contribution in [3.05, 3.63) is 83.4 Å². The number of hydrogen-bond acceptors (Lipinski definition) is 7. The van der Waals surface area contributed by atoms with Crippen LogP contribution in [0.15, 0.2) is 77.2 Å². The molecule has 3 rings (SSSR count). The Morgan fingerprint density at radius 3 is 2.23 bits per heavy atom. The van der Waals surface area contributed by atoms with Gasteiger partial charge in [-0.1, -0.05) is 12.1 Å². The summed E-state index contributed by atoms with van der Waals surface area (Å²) in [7, 11) is -3.09. The topological polar surface area (TPSA) is 135 Å². The Labute approximate surface area is 221 Å². The number of methoxy groups -OCH3 is 1. The molecule has 0 aliphatic heterocycles. The molecule has 0 radical (unpaired) electrons. The molecule has 0 aliphatic carbocycles. The molecule has 9 nitrogen and oxygen atoms in total. The van der Waals surface area contributed by atoms with Crippen molar-refractivity contribution in [2.45, 2.75) is 18.0 Å². The molecule has 0 saturated carbocycles. The number of halogens is 3. The van der Waals surface area contributed by atoms with Crippen molar-refractivity contribution < 1.29 is 40.1 Å². The van der Waals surface area contributed by atoms with Crippen LogP contribution in [0, 0.1) is 11.3 Å². The highest BCUT2D eigenvalue weighted by Gasteiger charge is 2.30. The second-order valence-corrected chi connectivity index (χ2v) is 9.40. The van der Waals surface area contributed by atoms with Crippen LogP contribution in [0.2, 0.25) is 0 Å². The molecule has 202 valence electrons. The van der Waals surface area contributed by atoms with E-state index in [9.17, 15) is 36.4 Å². The SMILES string of the molecule is COc1ccc(/C=C(\C#N)C(=O)Nc2cccc(C(F)(F)F)c2)cc1OS(=O)(=O)c1ccc(NC(C)=O)cc1. The lowest BCUT2D eigenvalue weighted by molar-refractivity contribution is -0.137. The first-order valence-corrected chi connectivity index (χ1v) is 12.3. The smallest absolute Gasteiger partial charge is 0.416 e. The summed E-state index contributed by atoms with van der Waals surface area (Å²) in [5, 5.41) is 14.2. The Balaban J connectivity index is 1.86. The Hall–Kier alpha value is -4.83. The van der Waals surface area contributed by atoms with E-state index in [4.69, 9.17) is 8.92 Å². The second-order valence-electron chi connectivity index (χ2n) is 7.86. The maximum atomic E-state index is 12.9. The quantitative estimate of drug-likeness (QED) is 0.226.